The normalized spacial score (nSPS) is 25.3. The summed E-state index contributed by atoms with van der Waals surface area (Å²) in [5.41, 5.74) is -1.76. The van der Waals surface area contributed by atoms with Crippen molar-refractivity contribution >= 4 is 33.7 Å². The molecule has 244 valence electrons. The van der Waals surface area contributed by atoms with E-state index >= 15 is 0 Å². The van der Waals surface area contributed by atoms with Gasteiger partial charge in [0.05, 0.1) is 30.1 Å². The minimum atomic E-state index is -10.4. The SMILES string of the molecule is COc1cc(F)c(OC2CCC(C)(C(=O)O)CC2)cc1C(=O)N[C@@H]1CCC[C@@H]1C(=O)Nc1ccc(F)c(S(F)(F)(F)(F)F)c1. The predicted molar refractivity (Wildman–Crippen MR) is 147 cm³/mol. The molecule has 2 aromatic rings. The Morgan fingerprint density at radius 2 is 1.59 bits per heavy atom. The second-order valence-electron chi connectivity index (χ2n) is 11.4. The van der Waals surface area contributed by atoms with Crippen molar-refractivity contribution in [1.82, 2.24) is 5.32 Å². The van der Waals surface area contributed by atoms with Gasteiger partial charge in [-0.05, 0) is 69.7 Å². The molecule has 2 atom stereocenters. The van der Waals surface area contributed by atoms with E-state index in [1.54, 1.807) is 6.92 Å². The van der Waals surface area contributed by atoms with Crippen molar-refractivity contribution in [2.75, 3.05) is 12.4 Å². The number of benzene rings is 2. The monoisotopic (exact) mass is 656 g/mol. The minimum absolute atomic E-state index is 0.139. The van der Waals surface area contributed by atoms with Gasteiger partial charge >= 0.3 is 16.2 Å². The summed E-state index contributed by atoms with van der Waals surface area (Å²) >= 11 is 0. The van der Waals surface area contributed by atoms with Gasteiger partial charge in [0, 0.05) is 17.8 Å². The number of amides is 2. The van der Waals surface area contributed by atoms with Gasteiger partial charge in [-0.2, -0.15) is 0 Å². The van der Waals surface area contributed by atoms with Crippen molar-refractivity contribution in [2.24, 2.45) is 11.3 Å². The van der Waals surface area contributed by atoms with E-state index in [9.17, 15) is 47.7 Å². The Hall–Kier alpha value is -3.69. The number of anilines is 1. The summed E-state index contributed by atoms with van der Waals surface area (Å²) in [6, 6.07) is 1.94. The molecular formula is C28H31F7N2O6S. The Labute approximate surface area is 248 Å². The Kier molecular flexibility index (Phi) is 8.33. The van der Waals surface area contributed by atoms with Gasteiger partial charge in [0.1, 0.15) is 16.5 Å². The molecule has 2 aliphatic rings. The molecule has 2 aliphatic carbocycles. The molecule has 16 heteroatoms. The van der Waals surface area contributed by atoms with Crippen molar-refractivity contribution in [2.45, 2.75) is 68.9 Å². The van der Waals surface area contributed by atoms with Crippen LogP contribution in [-0.4, -0.2) is 42.1 Å². The third-order valence-electron chi connectivity index (χ3n) is 8.13. The van der Waals surface area contributed by atoms with Gasteiger partial charge in [-0.1, -0.05) is 25.8 Å². The molecule has 3 N–H and O–H groups in total. The van der Waals surface area contributed by atoms with E-state index in [0.29, 0.717) is 38.2 Å². The number of aliphatic carboxylic acids is 1. The molecule has 2 fully saturated rings. The second-order valence-corrected chi connectivity index (χ2v) is 13.8. The first-order valence-electron chi connectivity index (χ1n) is 13.6. The van der Waals surface area contributed by atoms with E-state index in [-0.39, 0.29) is 42.0 Å². The third kappa shape index (κ3) is 7.33. The summed E-state index contributed by atoms with van der Waals surface area (Å²) in [7, 11) is -9.18. The third-order valence-corrected chi connectivity index (χ3v) is 9.27. The molecule has 4 rings (SSSR count). The molecular weight excluding hydrogens is 625 g/mol. The number of rotatable bonds is 9. The van der Waals surface area contributed by atoms with Crippen molar-refractivity contribution in [3.8, 4) is 11.5 Å². The summed E-state index contributed by atoms with van der Waals surface area (Å²) in [6.45, 7) is 1.62. The van der Waals surface area contributed by atoms with Crippen LogP contribution in [0.5, 0.6) is 11.5 Å². The van der Waals surface area contributed by atoms with Crippen LogP contribution in [0.2, 0.25) is 0 Å². The molecule has 2 aromatic carbocycles. The minimum Gasteiger partial charge on any atom is -0.496 e. The van der Waals surface area contributed by atoms with E-state index in [4.69, 9.17) is 9.47 Å². The molecule has 0 spiro atoms. The first-order chi connectivity index (χ1) is 20.2. The number of carboxylic acids is 1. The molecule has 0 aromatic heterocycles. The van der Waals surface area contributed by atoms with E-state index in [2.05, 4.69) is 10.6 Å². The van der Waals surface area contributed by atoms with Crippen molar-refractivity contribution in [1.29, 1.82) is 0 Å². The quantitative estimate of drug-likeness (QED) is 0.240. The fraction of sp³-hybridized carbons (Fsp3) is 0.464. The second kappa shape index (κ2) is 11.0. The lowest BCUT2D eigenvalue weighted by atomic mass is 9.75. The fourth-order valence-electron chi connectivity index (χ4n) is 5.52. The van der Waals surface area contributed by atoms with E-state index in [1.165, 1.54) is 7.11 Å². The van der Waals surface area contributed by atoms with Gasteiger partial charge in [0.25, 0.3) is 5.91 Å². The molecule has 0 saturated heterocycles. The van der Waals surface area contributed by atoms with Crippen molar-refractivity contribution < 1.29 is 57.2 Å². The van der Waals surface area contributed by atoms with Crippen LogP contribution < -0.4 is 20.1 Å². The van der Waals surface area contributed by atoms with Gasteiger partial charge in [-0.15, -0.1) is 0 Å². The molecule has 44 heavy (non-hydrogen) atoms. The van der Waals surface area contributed by atoms with Crippen LogP contribution >= 0.6 is 10.2 Å². The lowest BCUT2D eigenvalue weighted by molar-refractivity contribution is -0.150. The maximum absolute atomic E-state index is 14.8. The lowest BCUT2D eigenvalue weighted by Crippen LogP contribution is -2.42. The van der Waals surface area contributed by atoms with Crippen LogP contribution in [0.4, 0.5) is 33.9 Å². The number of methoxy groups -OCH3 is 1. The number of nitrogens with one attached hydrogen (secondary N) is 2. The summed E-state index contributed by atoms with van der Waals surface area (Å²) in [4.78, 5) is 35.0. The van der Waals surface area contributed by atoms with E-state index < -0.39 is 73.7 Å². The first-order valence-corrected chi connectivity index (χ1v) is 15.6. The predicted octanol–water partition coefficient (Wildman–Crippen LogP) is 7.58. The maximum Gasteiger partial charge on any atom is 0.313 e. The summed E-state index contributed by atoms with van der Waals surface area (Å²) < 4.78 is 106. The van der Waals surface area contributed by atoms with Crippen LogP contribution in [0.15, 0.2) is 35.2 Å². The molecule has 0 bridgehead atoms. The van der Waals surface area contributed by atoms with Crippen LogP contribution in [0.1, 0.15) is 62.2 Å². The number of halogens is 7. The molecule has 0 radical (unpaired) electrons. The molecule has 8 nitrogen and oxygen atoms in total. The molecule has 0 heterocycles. The van der Waals surface area contributed by atoms with E-state index in [0.717, 1.165) is 12.1 Å². The average Bonchev–Trinajstić information content (AvgIpc) is 3.38. The molecule has 0 aliphatic heterocycles. The van der Waals surface area contributed by atoms with Crippen LogP contribution in [0.25, 0.3) is 0 Å². The van der Waals surface area contributed by atoms with Gasteiger partial charge in [-0.25, -0.2) is 8.78 Å². The molecule has 2 amide bonds. The smallest absolute Gasteiger partial charge is 0.313 e. The zero-order chi connectivity index (χ0) is 32.7. The number of carboxylic acid groups (broad SMARTS) is 1. The van der Waals surface area contributed by atoms with Crippen LogP contribution in [0.3, 0.4) is 0 Å². The Morgan fingerprint density at radius 1 is 0.932 bits per heavy atom. The van der Waals surface area contributed by atoms with E-state index in [1.807, 2.05) is 0 Å². The Morgan fingerprint density at radius 3 is 2.18 bits per heavy atom. The topological polar surface area (TPSA) is 114 Å². The summed E-state index contributed by atoms with van der Waals surface area (Å²) in [5, 5.41) is 14.2. The van der Waals surface area contributed by atoms with Crippen molar-refractivity contribution in [3.63, 3.8) is 0 Å². The van der Waals surface area contributed by atoms with Gasteiger partial charge in [0.15, 0.2) is 11.6 Å². The molecule has 2 saturated carbocycles. The fourth-order valence-corrected chi connectivity index (χ4v) is 6.30. The van der Waals surface area contributed by atoms with Gasteiger partial charge in [0.2, 0.25) is 5.91 Å². The highest BCUT2D eigenvalue weighted by Crippen LogP contribution is 3.02. The first kappa shape index (κ1) is 33.2. The Balaban J connectivity index is 1.48. The average molecular weight is 657 g/mol. The number of hydrogen-bond donors (Lipinski definition) is 3. The zero-order valence-electron chi connectivity index (χ0n) is 23.6. The summed E-state index contributed by atoms with van der Waals surface area (Å²) in [6.07, 6.45) is 1.69. The zero-order valence-corrected chi connectivity index (χ0v) is 24.4. The largest absolute Gasteiger partial charge is 0.496 e. The highest BCUT2D eigenvalue weighted by Gasteiger charge is 2.67. The van der Waals surface area contributed by atoms with Gasteiger partial charge in [-0.3, -0.25) is 14.4 Å². The van der Waals surface area contributed by atoms with Crippen molar-refractivity contribution in [3.05, 3.63) is 47.5 Å². The highest BCUT2D eigenvalue weighted by atomic mass is 32.5. The highest BCUT2D eigenvalue weighted by molar-refractivity contribution is 8.45. The van der Waals surface area contributed by atoms with Crippen LogP contribution in [0, 0.1) is 23.0 Å². The summed E-state index contributed by atoms with van der Waals surface area (Å²) in [5.74, 6) is -7.01. The van der Waals surface area contributed by atoms with Gasteiger partial charge < -0.3 is 25.2 Å². The Bertz CT molecular complexity index is 1480. The number of carbonyl (C=O) groups excluding carboxylic acids is 2. The number of hydrogen-bond acceptors (Lipinski definition) is 5. The lowest BCUT2D eigenvalue weighted by Gasteiger charge is -2.40. The number of ether oxygens (including phenoxy) is 2. The standard InChI is InChI=1S/C28H31F7N2O6S/c1-28(27(40)41)10-8-16(9-11-28)43-23-13-18(22(42-2)14-20(23)30)26(39)37-21-5-3-4-17(21)25(38)36-15-6-7-19(29)24(12-15)44(31,32,33,34)35/h6-7,12-14,16-17,21H,3-5,8-11H2,1-2H3,(H,36,38)(H,37,39)(H,40,41)/t16?,17-,21+,28?/m0/s1. The van der Waals surface area contributed by atoms with Crippen LogP contribution in [-0.2, 0) is 9.59 Å². The number of carbonyl (C=O) groups is 3. The molecule has 0 unspecified atom stereocenters. The maximum atomic E-state index is 14.8.